The first-order valence-electron chi connectivity index (χ1n) is 14.0. The van der Waals surface area contributed by atoms with Crippen LogP contribution < -0.4 is 15.2 Å². The molecule has 0 bridgehead atoms. The Morgan fingerprint density at radius 2 is 1.84 bits per heavy atom. The summed E-state index contributed by atoms with van der Waals surface area (Å²) >= 11 is 0. The number of hydrogen-bond donors (Lipinski definition) is 0. The lowest BCUT2D eigenvalue weighted by Gasteiger charge is -2.51. The van der Waals surface area contributed by atoms with Gasteiger partial charge in [-0.15, -0.1) is 0 Å². The quantitative estimate of drug-likeness (QED) is 0.249. The molecule has 3 aliphatic heterocycles. The molecule has 0 aliphatic carbocycles. The molecular weight excluding hydrogens is 578 g/mol. The summed E-state index contributed by atoms with van der Waals surface area (Å²) in [6, 6.07) is 14.0. The molecule has 2 atom stereocenters. The lowest BCUT2D eigenvalue weighted by Crippen LogP contribution is -2.66. The van der Waals surface area contributed by atoms with Crippen LogP contribution in [0.15, 0.2) is 71.8 Å². The lowest BCUT2D eigenvalue weighted by atomic mass is 9.91. The Kier molecular flexibility index (Phi) is 6.81. The molecule has 3 aliphatic rings. The highest BCUT2D eigenvalue weighted by Gasteiger charge is 2.47. The minimum Gasteiger partial charge on any atom is -0.451 e. The van der Waals surface area contributed by atoms with Crippen LogP contribution in [-0.2, 0) is 14.2 Å². The van der Waals surface area contributed by atoms with Crippen molar-refractivity contribution < 1.29 is 37.3 Å². The average Bonchev–Trinajstić information content (AvgIpc) is 3.47. The van der Waals surface area contributed by atoms with E-state index in [0.29, 0.717) is 11.3 Å². The minimum atomic E-state index is -1.01. The fourth-order valence-corrected chi connectivity index (χ4v) is 6.19. The maximum atomic E-state index is 15.8. The Balaban J connectivity index is 1.46. The van der Waals surface area contributed by atoms with Crippen LogP contribution in [0.5, 0.6) is 5.75 Å². The number of rotatable bonds is 5. The standard InChI is InChI=1S/C31H26F2N4O7/c1-2-42-31(40)44-17-43-29-23(38)11-13-36-28(29)30(39)35-14-15-41-16-24(35)37(36)27-18-6-3-4-7-21(18)34-12-5-8-22(34)25-19(27)9-10-20(32)26(25)33/h3-13,24,27H,2,14-17H2,1H3/t24-,27-/m1/s1. The van der Waals surface area contributed by atoms with E-state index in [0.717, 1.165) is 17.3 Å². The largest absolute Gasteiger partial charge is 0.511 e. The number of hydrogen-bond acceptors (Lipinski definition) is 8. The van der Waals surface area contributed by atoms with E-state index in [4.69, 9.17) is 18.9 Å². The van der Waals surface area contributed by atoms with Crippen molar-refractivity contribution in [3.05, 3.63) is 106 Å². The van der Waals surface area contributed by atoms with Gasteiger partial charge in [-0.1, -0.05) is 24.3 Å². The van der Waals surface area contributed by atoms with E-state index < -0.39 is 48.1 Å². The predicted octanol–water partition coefficient (Wildman–Crippen LogP) is 3.95. The maximum Gasteiger partial charge on any atom is 0.511 e. The first-order chi connectivity index (χ1) is 21.4. The maximum absolute atomic E-state index is 15.8. The summed E-state index contributed by atoms with van der Waals surface area (Å²) in [6.45, 7) is 1.55. The van der Waals surface area contributed by atoms with E-state index in [2.05, 4.69) is 0 Å². The third kappa shape index (κ3) is 4.22. The fourth-order valence-electron chi connectivity index (χ4n) is 6.19. The Morgan fingerprint density at radius 1 is 1.00 bits per heavy atom. The second-order valence-electron chi connectivity index (χ2n) is 10.3. The normalized spacial score (nSPS) is 18.3. The molecule has 1 fully saturated rings. The number of carbonyl (C=O) groups excluding carboxylic acids is 2. The highest BCUT2D eigenvalue weighted by atomic mass is 19.2. The van der Waals surface area contributed by atoms with Crippen LogP contribution in [0.4, 0.5) is 13.6 Å². The van der Waals surface area contributed by atoms with Crippen molar-refractivity contribution in [3.63, 3.8) is 0 Å². The highest BCUT2D eigenvalue weighted by molar-refractivity contribution is 5.97. The first kappa shape index (κ1) is 27.7. The van der Waals surface area contributed by atoms with Crippen molar-refractivity contribution >= 4 is 12.1 Å². The van der Waals surface area contributed by atoms with Crippen molar-refractivity contribution in [1.82, 2.24) is 14.1 Å². The number of ether oxygens (including phenoxy) is 4. The second kappa shape index (κ2) is 10.8. The minimum absolute atomic E-state index is 0.0679. The molecule has 2 aromatic carbocycles. The molecule has 7 rings (SSSR count). The summed E-state index contributed by atoms with van der Waals surface area (Å²) in [5, 5.41) is 1.82. The molecule has 44 heavy (non-hydrogen) atoms. The van der Waals surface area contributed by atoms with Gasteiger partial charge < -0.3 is 28.4 Å². The summed E-state index contributed by atoms with van der Waals surface area (Å²) in [4.78, 5) is 40.4. The van der Waals surface area contributed by atoms with E-state index in [1.165, 1.54) is 23.0 Å². The number of carbonyl (C=O) groups is 2. The molecular formula is C31H26F2N4O7. The monoisotopic (exact) mass is 604 g/mol. The van der Waals surface area contributed by atoms with Crippen LogP contribution in [0.25, 0.3) is 16.9 Å². The van der Waals surface area contributed by atoms with Gasteiger partial charge in [-0.2, -0.15) is 0 Å². The molecule has 2 aromatic heterocycles. The van der Waals surface area contributed by atoms with Crippen LogP contribution in [0.2, 0.25) is 0 Å². The second-order valence-corrected chi connectivity index (χ2v) is 10.3. The number of pyridine rings is 1. The average molecular weight is 605 g/mol. The molecule has 0 radical (unpaired) electrons. The highest BCUT2D eigenvalue weighted by Crippen LogP contribution is 2.46. The van der Waals surface area contributed by atoms with Crippen molar-refractivity contribution in [2.24, 2.45) is 0 Å². The van der Waals surface area contributed by atoms with Crippen molar-refractivity contribution in [2.75, 3.05) is 38.2 Å². The lowest BCUT2D eigenvalue weighted by molar-refractivity contribution is -0.0210. The summed E-state index contributed by atoms with van der Waals surface area (Å²) in [5.41, 5.74) is 1.67. The number of halogens is 2. The van der Waals surface area contributed by atoms with E-state index in [9.17, 15) is 18.8 Å². The van der Waals surface area contributed by atoms with E-state index in [1.807, 2.05) is 29.3 Å². The van der Waals surface area contributed by atoms with Crippen LogP contribution in [0.3, 0.4) is 0 Å². The molecule has 0 N–H and O–H groups in total. The van der Waals surface area contributed by atoms with Gasteiger partial charge in [0.05, 0.1) is 31.2 Å². The molecule has 1 saturated heterocycles. The Hall–Kier alpha value is -5.17. The van der Waals surface area contributed by atoms with Gasteiger partial charge in [0, 0.05) is 36.1 Å². The van der Waals surface area contributed by atoms with Gasteiger partial charge in [-0.05, 0) is 36.8 Å². The third-order valence-electron chi connectivity index (χ3n) is 7.98. The van der Waals surface area contributed by atoms with Gasteiger partial charge in [0.2, 0.25) is 18.0 Å². The molecule has 0 saturated carbocycles. The van der Waals surface area contributed by atoms with Gasteiger partial charge >= 0.3 is 6.16 Å². The Morgan fingerprint density at radius 3 is 2.68 bits per heavy atom. The summed E-state index contributed by atoms with van der Waals surface area (Å²) in [7, 11) is 0. The molecule has 0 unspecified atom stereocenters. The molecule has 11 nitrogen and oxygen atoms in total. The van der Waals surface area contributed by atoms with Gasteiger partial charge in [0.1, 0.15) is 12.2 Å². The number of aromatic nitrogens is 2. The molecule has 5 heterocycles. The van der Waals surface area contributed by atoms with Crippen molar-refractivity contribution in [2.45, 2.75) is 19.1 Å². The van der Waals surface area contributed by atoms with Gasteiger partial charge in [0.25, 0.3) is 5.91 Å². The smallest absolute Gasteiger partial charge is 0.451 e. The molecule has 226 valence electrons. The number of amides is 1. The number of nitrogens with zero attached hydrogens (tertiary/aromatic N) is 4. The Labute approximate surface area is 249 Å². The summed E-state index contributed by atoms with van der Waals surface area (Å²) < 4.78 is 55.1. The van der Waals surface area contributed by atoms with E-state index in [1.54, 1.807) is 34.7 Å². The SMILES string of the molecule is CCOC(=O)OCOc1c2n(ccc1=O)N([C@@H]1c3ccccc3-n3cccc3-c3c1ccc(F)c3F)[C@@H]1COCCN1C2=O. The molecule has 1 amide bonds. The van der Waals surface area contributed by atoms with Crippen molar-refractivity contribution in [3.8, 4) is 22.7 Å². The predicted molar refractivity (Wildman–Crippen MR) is 151 cm³/mol. The molecule has 4 aromatic rings. The van der Waals surface area contributed by atoms with Crippen LogP contribution in [-0.4, -0.2) is 65.5 Å². The molecule has 13 heteroatoms. The Bertz CT molecular complexity index is 1850. The van der Waals surface area contributed by atoms with Gasteiger partial charge in [-0.25, -0.2) is 13.6 Å². The van der Waals surface area contributed by atoms with Crippen molar-refractivity contribution in [1.29, 1.82) is 0 Å². The number of morpholine rings is 1. The van der Waals surface area contributed by atoms with Gasteiger partial charge in [-0.3, -0.25) is 19.3 Å². The summed E-state index contributed by atoms with van der Waals surface area (Å²) in [6.07, 6.45) is 1.52. The van der Waals surface area contributed by atoms with Crippen LogP contribution in [0, 0.1) is 11.6 Å². The first-order valence-corrected chi connectivity index (χ1v) is 14.0. The van der Waals surface area contributed by atoms with Crippen LogP contribution >= 0.6 is 0 Å². The zero-order valence-corrected chi connectivity index (χ0v) is 23.4. The number of fused-ring (bicyclic) bond motifs is 7. The topological polar surface area (TPSA) is 104 Å². The zero-order chi connectivity index (χ0) is 30.5. The molecule has 0 spiro atoms. The van der Waals surface area contributed by atoms with Crippen LogP contribution in [0.1, 0.15) is 34.6 Å². The number of benzene rings is 2. The fraction of sp³-hybridized carbons (Fsp3) is 0.258. The third-order valence-corrected chi connectivity index (χ3v) is 7.98. The van der Waals surface area contributed by atoms with E-state index >= 15 is 4.39 Å². The zero-order valence-electron chi connectivity index (χ0n) is 23.4. The van der Waals surface area contributed by atoms with Gasteiger partial charge in [0.15, 0.2) is 17.3 Å². The van der Waals surface area contributed by atoms with E-state index in [-0.39, 0.29) is 43.4 Å². The summed E-state index contributed by atoms with van der Waals surface area (Å²) in [5.74, 6) is -2.85. The number of para-hydroxylation sites is 1.